The Kier molecular flexibility index (Phi) is 7.18. The zero-order chi connectivity index (χ0) is 20.1. The maximum absolute atomic E-state index is 12.4. The number of halogens is 1. The molecule has 0 radical (unpaired) electrons. The molecule has 0 saturated carbocycles. The summed E-state index contributed by atoms with van der Waals surface area (Å²) in [6.45, 7) is 1.61. The molecular formula is C21H22BrN3O2S2. The SMILES string of the molecule is O=C(CCCSc1nnc(-c2cccs2)n1CC1CCCO1)c1ccc(Br)cc1. The molecule has 1 aliphatic heterocycles. The number of thiophene rings is 1. The Morgan fingerprint density at radius 3 is 2.86 bits per heavy atom. The normalized spacial score (nSPS) is 16.4. The number of hydrogen-bond donors (Lipinski definition) is 0. The van der Waals surface area contributed by atoms with Crippen LogP contribution in [0.15, 0.2) is 51.4 Å². The van der Waals surface area contributed by atoms with E-state index in [4.69, 9.17) is 4.74 Å². The van der Waals surface area contributed by atoms with Crippen LogP contribution in [0.3, 0.4) is 0 Å². The van der Waals surface area contributed by atoms with E-state index < -0.39 is 0 Å². The van der Waals surface area contributed by atoms with Crippen LogP contribution in [0, 0.1) is 0 Å². The summed E-state index contributed by atoms with van der Waals surface area (Å²) < 4.78 is 9.00. The van der Waals surface area contributed by atoms with Gasteiger partial charge in [0.15, 0.2) is 16.8 Å². The van der Waals surface area contributed by atoms with E-state index in [1.807, 2.05) is 30.3 Å². The molecule has 1 fully saturated rings. The summed E-state index contributed by atoms with van der Waals surface area (Å²) in [4.78, 5) is 13.5. The Morgan fingerprint density at radius 1 is 1.28 bits per heavy atom. The maximum Gasteiger partial charge on any atom is 0.191 e. The van der Waals surface area contributed by atoms with Gasteiger partial charge in [-0.3, -0.25) is 9.36 Å². The van der Waals surface area contributed by atoms with E-state index in [1.54, 1.807) is 23.1 Å². The van der Waals surface area contributed by atoms with E-state index >= 15 is 0 Å². The summed E-state index contributed by atoms with van der Waals surface area (Å²) in [5.74, 6) is 1.92. The lowest BCUT2D eigenvalue weighted by Crippen LogP contribution is -2.16. The van der Waals surface area contributed by atoms with Gasteiger partial charge in [-0.05, 0) is 42.8 Å². The Hall–Kier alpha value is -1.48. The van der Waals surface area contributed by atoms with E-state index in [9.17, 15) is 4.79 Å². The molecule has 0 N–H and O–H groups in total. The molecule has 2 aromatic heterocycles. The van der Waals surface area contributed by atoms with Crippen molar-refractivity contribution in [1.29, 1.82) is 0 Å². The molecule has 152 valence electrons. The average Bonchev–Trinajstić information content (AvgIpc) is 3.49. The number of ketones is 1. The minimum Gasteiger partial charge on any atom is -0.376 e. The van der Waals surface area contributed by atoms with Crippen LogP contribution in [0.25, 0.3) is 10.7 Å². The molecule has 1 aromatic carbocycles. The first-order valence-electron chi connectivity index (χ1n) is 9.71. The predicted octanol–water partition coefficient (Wildman–Crippen LogP) is 5.70. The number of carbonyl (C=O) groups is 1. The van der Waals surface area contributed by atoms with Crippen LogP contribution in [-0.4, -0.2) is 39.0 Å². The summed E-state index contributed by atoms with van der Waals surface area (Å²) >= 11 is 6.74. The van der Waals surface area contributed by atoms with Crippen molar-refractivity contribution in [2.75, 3.05) is 12.4 Å². The minimum atomic E-state index is 0.179. The number of aromatic nitrogens is 3. The molecule has 29 heavy (non-hydrogen) atoms. The molecule has 1 atom stereocenters. The predicted molar refractivity (Wildman–Crippen MR) is 121 cm³/mol. The van der Waals surface area contributed by atoms with Crippen LogP contribution in [0.1, 0.15) is 36.0 Å². The molecule has 0 spiro atoms. The summed E-state index contributed by atoms with van der Waals surface area (Å²) in [7, 11) is 0. The van der Waals surface area contributed by atoms with Crippen LogP contribution in [0.5, 0.6) is 0 Å². The molecule has 0 amide bonds. The Bertz CT molecular complexity index is 936. The first kappa shape index (κ1) is 20.8. The van der Waals surface area contributed by atoms with Crippen LogP contribution in [-0.2, 0) is 11.3 Å². The highest BCUT2D eigenvalue weighted by molar-refractivity contribution is 9.10. The van der Waals surface area contributed by atoms with E-state index in [1.165, 1.54) is 0 Å². The first-order chi connectivity index (χ1) is 14.2. The zero-order valence-corrected chi connectivity index (χ0v) is 19.1. The highest BCUT2D eigenvalue weighted by Crippen LogP contribution is 2.29. The van der Waals surface area contributed by atoms with Gasteiger partial charge in [-0.25, -0.2) is 0 Å². The Morgan fingerprint density at radius 2 is 2.14 bits per heavy atom. The number of nitrogens with zero attached hydrogens (tertiary/aromatic N) is 3. The molecule has 1 saturated heterocycles. The monoisotopic (exact) mass is 491 g/mol. The minimum absolute atomic E-state index is 0.179. The second kappa shape index (κ2) is 10.0. The van der Waals surface area contributed by atoms with Crippen molar-refractivity contribution in [1.82, 2.24) is 14.8 Å². The molecule has 4 rings (SSSR count). The van der Waals surface area contributed by atoms with Gasteiger partial charge in [0.05, 0.1) is 17.5 Å². The largest absolute Gasteiger partial charge is 0.376 e. The number of carbonyl (C=O) groups excluding carboxylic acids is 1. The Balaban J connectivity index is 1.37. The van der Waals surface area contributed by atoms with Crippen molar-refractivity contribution in [3.05, 3.63) is 51.8 Å². The van der Waals surface area contributed by atoms with Crippen molar-refractivity contribution in [3.63, 3.8) is 0 Å². The van der Waals surface area contributed by atoms with Crippen molar-refractivity contribution in [3.8, 4) is 10.7 Å². The lowest BCUT2D eigenvalue weighted by molar-refractivity contribution is 0.0953. The third kappa shape index (κ3) is 5.36. The third-order valence-corrected chi connectivity index (χ3v) is 7.26. The number of ether oxygens (including phenoxy) is 1. The van der Waals surface area contributed by atoms with E-state index in [0.717, 1.165) is 64.1 Å². The zero-order valence-electron chi connectivity index (χ0n) is 15.9. The van der Waals surface area contributed by atoms with Gasteiger partial charge < -0.3 is 4.74 Å². The fraction of sp³-hybridized carbons (Fsp3) is 0.381. The van der Waals surface area contributed by atoms with Gasteiger partial charge in [0, 0.05) is 28.8 Å². The van der Waals surface area contributed by atoms with Gasteiger partial charge in [-0.15, -0.1) is 21.5 Å². The second-order valence-electron chi connectivity index (χ2n) is 6.91. The van der Waals surface area contributed by atoms with Gasteiger partial charge in [-0.2, -0.15) is 0 Å². The Labute approximate surface area is 187 Å². The number of benzene rings is 1. The molecule has 8 heteroatoms. The summed E-state index contributed by atoms with van der Waals surface area (Å²) in [5.41, 5.74) is 0.764. The fourth-order valence-corrected chi connectivity index (χ4v) is 5.18. The summed E-state index contributed by atoms with van der Waals surface area (Å²) in [5, 5.41) is 11.8. The average molecular weight is 492 g/mol. The van der Waals surface area contributed by atoms with E-state index in [0.29, 0.717) is 6.42 Å². The third-order valence-electron chi connectivity index (χ3n) is 4.81. The first-order valence-corrected chi connectivity index (χ1v) is 12.4. The van der Waals surface area contributed by atoms with Crippen LogP contribution in [0.2, 0.25) is 0 Å². The van der Waals surface area contributed by atoms with Crippen molar-refractivity contribution in [2.45, 2.75) is 43.5 Å². The van der Waals surface area contributed by atoms with E-state index in [2.05, 4.69) is 42.1 Å². The molecule has 5 nitrogen and oxygen atoms in total. The highest BCUT2D eigenvalue weighted by atomic mass is 79.9. The topological polar surface area (TPSA) is 57.0 Å². The van der Waals surface area contributed by atoms with Gasteiger partial charge in [0.25, 0.3) is 0 Å². The van der Waals surface area contributed by atoms with Gasteiger partial charge >= 0.3 is 0 Å². The molecule has 1 unspecified atom stereocenters. The van der Waals surface area contributed by atoms with Crippen molar-refractivity contribution in [2.24, 2.45) is 0 Å². The molecule has 3 heterocycles. The number of rotatable bonds is 9. The van der Waals surface area contributed by atoms with Crippen LogP contribution in [0.4, 0.5) is 0 Å². The number of hydrogen-bond acceptors (Lipinski definition) is 6. The second-order valence-corrected chi connectivity index (χ2v) is 9.84. The van der Waals surface area contributed by atoms with Crippen LogP contribution < -0.4 is 0 Å². The molecular weight excluding hydrogens is 470 g/mol. The highest BCUT2D eigenvalue weighted by Gasteiger charge is 2.22. The fourth-order valence-electron chi connectivity index (χ4n) is 3.32. The molecule has 1 aliphatic rings. The van der Waals surface area contributed by atoms with Gasteiger partial charge in [0.1, 0.15) is 0 Å². The maximum atomic E-state index is 12.4. The van der Waals surface area contributed by atoms with Gasteiger partial charge in [-0.1, -0.05) is 45.9 Å². The van der Waals surface area contributed by atoms with Crippen molar-refractivity contribution >= 4 is 44.8 Å². The smallest absolute Gasteiger partial charge is 0.191 e. The lowest BCUT2D eigenvalue weighted by Gasteiger charge is -2.14. The summed E-state index contributed by atoms with van der Waals surface area (Å²) in [6.07, 6.45) is 3.76. The summed E-state index contributed by atoms with van der Waals surface area (Å²) in [6, 6.07) is 11.6. The van der Waals surface area contributed by atoms with Crippen LogP contribution >= 0.6 is 39.0 Å². The molecule has 0 aliphatic carbocycles. The number of thioether (sulfide) groups is 1. The van der Waals surface area contributed by atoms with Crippen molar-refractivity contribution < 1.29 is 9.53 Å². The number of Topliss-reactive ketones (excluding diaryl/α,β-unsaturated/α-hetero) is 1. The van der Waals surface area contributed by atoms with Gasteiger partial charge in [0.2, 0.25) is 0 Å². The molecule has 0 bridgehead atoms. The molecule has 3 aromatic rings. The standard InChI is InChI=1S/C21H22BrN3O2S2/c22-16-9-7-15(8-10-16)18(26)5-2-13-29-21-24-23-20(19-6-3-12-28-19)25(21)14-17-4-1-11-27-17/h3,6-10,12,17H,1-2,4-5,11,13-14H2. The van der Waals surface area contributed by atoms with E-state index in [-0.39, 0.29) is 11.9 Å². The quantitative estimate of drug-likeness (QED) is 0.218. The lowest BCUT2D eigenvalue weighted by atomic mass is 10.1.